The van der Waals surface area contributed by atoms with Gasteiger partial charge in [-0.3, -0.25) is 4.67 Å². The number of piperazine rings is 1. The van der Waals surface area contributed by atoms with Crippen molar-refractivity contribution in [2.45, 2.75) is 39.8 Å². The first-order chi connectivity index (χ1) is 15.8. The Hall–Kier alpha value is -2.49. The van der Waals surface area contributed by atoms with E-state index in [1.54, 1.807) is 0 Å². The zero-order valence-electron chi connectivity index (χ0n) is 20.5. The van der Waals surface area contributed by atoms with Crippen LogP contribution in [0.15, 0.2) is 75.9 Å². The van der Waals surface area contributed by atoms with Gasteiger partial charge in [0.1, 0.15) is 18.7 Å². The minimum atomic E-state index is -2.22. The van der Waals surface area contributed by atoms with Gasteiger partial charge < -0.3 is 14.1 Å². The summed E-state index contributed by atoms with van der Waals surface area (Å²) in [4.78, 5) is 2.44. The van der Waals surface area contributed by atoms with E-state index in [1.807, 2.05) is 26.0 Å². The highest BCUT2D eigenvalue weighted by atomic mass is 31.2. The molecule has 0 amide bonds. The smallest absolute Gasteiger partial charge is 0.157 e. The molecule has 0 N–H and O–H groups in total. The number of hydrogen-bond acceptors (Lipinski definition) is 4. The summed E-state index contributed by atoms with van der Waals surface area (Å²) in [6, 6.07) is 23.0. The van der Waals surface area contributed by atoms with Crippen LogP contribution in [-0.2, 0) is 0 Å². The summed E-state index contributed by atoms with van der Waals surface area (Å²) in [6.07, 6.45) is 0. The summed E-state index contributed by atoms with van der Waals surface area (Å²) in [6.45, 7) is 15.3. The van der Waals surface area contributed by atoms with E-state index in [-0.39, 0.29) is 5.16 Å². The van der Waals surface area contributed by atoms with Gasteiger partial charge in [-0.05, 0) is 50.2 Å². The summed E-state index contributed by atoms with van der Waals surface area (Å²) in [5.74, 6) is 1.90. The molecule has 1 atom stereocenters. The van der Waals surface area contributed by atoms with Crippen molar-refractivity contribution >= 4 is 24.1 Å². The predicted octanol–water partition coefficient (Wildman–Crippen LogP) is 6.68. The van der Waals surface area contributed by atoms with Crippen molar-refractivity contribution in [3.63, 3.8) is 0 Å². The molecule has 2 heterocycles. The number of para-hydroxylation sites is 2. The van der Waals surface area contributed by atoms with Crippen LogP contribution in [0.1, 0.15) is 33.5 Å². The van der Waals surface area contributed by atoms with Gasteiger partial charge in [-0.25, -0.2) is 4.74 Å². The molecule has 1 saturated heterocycles. The third-order valence-electron chi connectivity index (χ3n) is 6.16. The van der Waals surface area contributed by atoms with E-state index in [9.17, 15) is 0 Å². The van der Waals surface area contributed by atoms with E-state index in [4.69, 9.17) is 13.9 Å². The van der Waals surface area contributed by atoms with E-state index in [0.29, 0.717) is 6.61 Å². The van der Waals surface area contributed by atoms with Gasteiger partial charge in [0.15, 0.2) is 5.50 Å². The molecule has 5 nitrogen and oxygen atoms in total. The maximum atomic E-state index is 6.34. The van der Waals surface area contributed by atoms with Crippen LogP contribution in [0.4, 0.5) is 11.4 Å². The molecule has 0 unspecified atom stereocenters. The molecule has 33 heavy (non-hydrogen) atoms. The number of rotatable bonds is 6. The van der Waals surface area contributed by atoms with Crippen LogP contribution in [0.25, 0.3) is 0 Å². The summed E-state index contributed by atoms with van der Waals surface area (Å²) < 4.78 is 20.4. The Morgan fingerprint density at radius 2 is 1.58 bits per heavy atom. The molecule has 0 aliphatic carbocycles. The Kier molecular flexibility index (Phi) is 7.02. The average Bonchev–Trinajstić information content (AvgIpc) is 3.24. The molecule has 6 heteroatoms. The van der Waals surface area contributed by atoms with Gasteiger partial charge in [-0.15, -0.1) is 0 Å². The molecule has 2 aromatic carbocycles. The lowest BCUT2D eigenvalue weighted by atomic mass is 10.2. The van der Waals surface area contributed by atoms with Crippen LogP contribution in [0.2, 0.25) is 0 Å². The van der Waals surface area contributed by atoms with Crippen LogP contribution in [0.5, 0.6) is 5.75 Å². The van der Waals surface area contributed by atoms with Crippen molar-refractivity contribution in [3.05, 3.63) is 72.5 Å². The number of hydrogen-bond donors (Lipinski definition) is 0. The quantitative estimate of drug-likeness (QED) is 0.381. The number of furan rings is 1. The normalized spacial score (nSPS) is 16.9. The number of anilines is 1. The zero-order chi connectivity index (χ0) is 23.5. The zero-order valence-corrected chi connectivity index (χ0v) is 21.4. The second kappa shape index (κ2) is 9.79. The topological polar surface area (TPSA) is 41.2 Å². The molecule has 1 aliphatic heterocycles. The summed E-state index contributed by atoms with van der Waals surface area (Å²) in [7, 11) is -2.22. The molecule has 4 rings (SSSR count). The van der Waals surface area contributed by atoms with Crippen LogP contribution >= 0.6 is 7.21 Å². The lowest BCUT2D eigenvalue weighted by Crippen LogP contribution is -2.48. The maximum absolute atomic E-state index is 6.34. The summed E-state index contributed by atoms with van der Waals surface area (Å²) >= 11 is 0. The largest absolute Gasteiger partial charge is 0.492 e. The lowest BCUT2D eigenvalue weighted by molar-refractivity contribution is 0.337. The Balaban J connectivity index is 1.74. The highest BCUT2D eigenvalue weighted by molar-refractivity contribution is 7.72. The highest BCUT2D eigenvalue weighted by Crippen LogP contribution is 2.64. The van der Waals surface area contributed by atoms with Crippen molar-refractivity contribution in [2.24, 2.45) is 4.74 Å². The van der Waals surface area contributed by atoms with Crippen LogP contribution in [0.3, 0.4) is 0 Å². The Bertz CT molecular complexity index is 1110. The van der Waals surface area contributed by atoms with Crippen LogP contribution in [0, 0.1) is 6.92 Å². The fourth-order valence-corrected chi connectivity index (χ4v) is 8.72. The van der Waals surface area contributed by atoms with Crippen LogP contribution < -0.4 is 15.1 Å². The monoisotopic (exact) mass is 465 g/mol. The molecule has 0 spiro atoms. The Labute approximate surface area is 198 Å². The number of benzene rings is 2. The molecule has 0 saturated carbocycles. The SMILES string of the molecule is CCOc1ccccc1N1CCN([P@](=Nc2ccccc2)(c2ccc(C)o2)C(C)(C)C)CC1. The first kappa shape index (κ1) is 23.7. The maximum Gasteiger partial charge on any atom is 0.157 e. The molecule has 3 aromatic rings. The molecule has 1 fully saturated rings. The molecule has 1 aromatic heterocycles. The number of nitrogens with zero attached hydrogens (tertiary/aromatic N) is 3. The van der Waals surface area contributed by atoms with Crippen molar-refractivity contribution in [2.75, 3.05) is 37.7 Å². The number of aryl methyl sites for hydroxylation is 1. The molecular formula is C27H36N3O2P. The van der Waals surface area contributed by atoms with Crippen molar-refractivity contribution in [3.8, 4) is 5.75 Å². The Morgan fingerprint density at radius 1 is 0.909 bits per heavy atom. The highest BCUT2D eigenvalue weighted by Gasteiger charge is 2.44. The van der Waals surface area contributed by atoms with Crippen molar-refractivity contribution in [1.29, 1.82) is 0 Å². The van der Waals surface area contributed by atoms with Gasteiger partial charge in [0.2, 0.25) is 0 Å². The van der Waals surface area contributed by atoms with Gasteiger partial charge in [0.05, 0.1) is 18.0 Å². The minimum absolute atomic E-state index is 0.0848. The second-order valence-corrected chi connectivity index (χ2v) is 13.2. The standard InChI is InChI=1S/C27H36N3O2P/c1-6-31-25-15-11-10-14-24(25)29-18-20-30(21-19-29)33(27(3,4)5,26-17-16-22(2)32-26)28-23-12-8-7-9-13-23/h7-17H,6,18-21H2,1-5H3/t33-/m1/s1. The molecule has 176 valence electrons. The van der Waals surface area contributed by atoms with Gasteiger partial charge in [0, 0.05) is 31.3 Å². The molecule has 1 aliphatic rings. The van der Waals surface area contributed by atoms with Gasteiger partial charge >= 0.3 is 0 Å². The minimum Gasteiger partial charge on any atom is -0.492 e. The van der Waals surface area contributed by atoms with E-state index < -0.39 is 7.21 Å². The van der Waals surface area contributed by atoms with E-state index in [2.05, 4.69) is 84.9 Å². The lowest BCUT2D eigenvalue weighted by Gasteiger charge is -2.47. The van der Waals surface area contributed by atoms with Gasteiger partial charge in [0.25, 0.3) is 0 Å². The summed E-state index contributed by atoms with van der Waals surface area (Å²) in [5.41, 5.74) is 3.20. The molecule has 0 radical (unpaired) electrons. The Morgan fingerprint density at radius 3 is 2.18 bits per heavy atom. The first-order valence-corrected chi connectivity index (χ1v) is 13.5. The first-order valence-electron chi connectivity index (χ1n) is 11.8. The third-order valence-corrected chi connectivity index (χ3v) is 10.6. The fourth-order valence-electron chi connectivity index (χ4n) is 4.63. The second-order valence-electron chi connectivity index (χ2n) is 9.43. The van der Waals surface area contributed by atoms with E-state index >= 15 is 0 Å². The van der Waals surface area contributed by atoms with Gasteiger partial charge in [-0.1, -0.05) is 51.1 Å². The third kappa shape index (κ3) is 4.76. The number of ether oxygens (including phenoxy) is 1. The summed E-state index contributed by atoms with van der Waals surface area (Å²) in [5, 5.41) is -0.0848. The average molecular weight is 466 g/mol. The molecular weight excluding hydrogens is 429 g/mol. The fraction of sp³-hybridized carbons (Fsp3) is 0.407. The molecule has 0 bridgehead atoms. The van der Waals surface area contributed by atoms with E-state index in [1.165, 1.54) is 5.69 Å². The van der Waals surface area contributed by atoms with Crippen molar-refractivity contribution in [1.82, 2.24) is 4.67 Å². The van der Waals surface area contributed by atoms with E-state index in [0.717, 1.165) is 48.9 Å². The van der Waals surface area contributed by atoms with Gasteiger partial charge in [-0.2, -0.15) is 0 Å². The van der Waals surface area contributed by atoms with Crippen LogP contribution in [-0.4, -0.2) is 42.6 Å². The van der Waals surface area contributed by atoms with Crippen molar-refractivity contribution < 1.29 is 9.15 Å². The predicted molar refractivity (Wildman–Crippen MR) is 140 cm³/mol.